The summed E-state index contributed by atoms with van der Waals surface area (Å²) in [6.45, 7) is 2.45. The molecule has 0 aliphatic carbocycles. The Balaban J connectivity index is 1.74. The van der Waals surface area contributed by atoms with Crippen molar-refractivity contribution in [1.82, 2.24) is 0 Å². The van der Waals surface area contributed by atoms with E-state index in [2.05, 4.69) is 27.9 Å². The number of nitrogens with zero attached hydrogens (tertiary/aromatic N) is 1. The van der Waals surface area contributed by atoms with Gasteiger partial charge in [0.15, 0.2) is 0 Å². The minimum Gasteiger partial charge on any atom is -0.377 e. The Morgan fingerprint density at radius 3 is 3.10 bits per heavy atom. The number of nitrogens with one attached hydrogen (secondary N) is 1. The predicted octanol–water partition coefficient (Wildman–Crippen LogP) is 2.81. The molecule has 0 spiro atoms. The fraction of sp³-hybridized carbons (Fsp3) is 0.538. The van der Waals surface area contributed by atoms with E-state index in [4.69, 9.17) is 9.47 Å². The van der Waals surface area contributed by atoms with Gasteiger partial charge in [-0.1, -0.05) is 0 Å². The normalized spacial score (nSPS) is 18.1. The molecule has 0 bridgehead atoms. The van der Waals surface area contributed by atoms with Gasteiger partial charge >= 0.3 is 0 Å². The summed E-state index contributed by atoms with van der Waals surface area (Å²) < 4.78 is 11.8. The molecule has 0 amide bonds. The highest BCUT2D eigenvalue weighted by Crippen LogP contribution is 2.25. The quantitative estimate of drug-likeness (QED) is 0.334. The summed E-state index contributed by atoms with van der Waals surface area (Å²) in [7, 11) is 0. The molecular formula is C13H17IN2O4. The van der Waals surface area contributed by atoms with E-state index in [0.29, 0.717) is 25.4 Å². The van der Waals surface area contributed by atoms with Crippen LogP contribution in [-0.2, 0) is 9.47 Å². The molecule has 110 valence electrons. The van der Waals surface area contributed by atoms with E-state index in [1.165, 1.54) is 0 Å². The molecule has 1 heterocycles. The van der Waals surface area contributed by atoms with Gasteiger partial charge in [0.05, 0.1) is 24.2 Å². The average molecular weight is 392 g/mol. The Labute approximate surface area is 131 Å². The van der Waals surface area contributed by atoms with Gasteiger partial charge in [-0.15, -0.1) is 0 Å². The van der Waals surface area contributed by atoms with Gasteiger partial charge < -0.3 is 14.8 Å². The molecule has 1 aromatic carbocycles. The second-order valence-corrected chi connectivity index (χ2v) is 5.80. The van der Waals surface area contributed by atoms with E-state index in [-0.39, 0.29) is 16.7 Å². The van der Waals surface area contributed by atoms with Crippen molar-refractivity contribution in [1.29, 1.82) is 0 Å². The topological polar surface area (TPSA) is 73.6 Å². The molecule has 1 aromatic rings. The molecule has 1 aliphatic heterocycles. The van der Waals surface area contributed by atoms with Gasteiger partial charge in [-0.25, -0.2) is 0 Å². The maximum absolute atomic E-state index is 11.0. The molecule has 0 radical (unpaired) electrons. The molecule has 1 N–H and O–H groups in total. The number of rotatable bonds is 7. The van der Waals surface area contributed by atoms with E-state index in [1.807, 2.05) is 6.07 Å². The van der Waals surface area contributed by atoms with Crippen LogP contribution in [0, 0.1) is 13.7 Å². The Hall–Kier alpha value is -0.930. The zero-order valence-corrected chi connectivity index (χ0v) is 13.2. The Morgan fingerprint density at radius 2 is 2.40 bits per heavy atom. The molecule has 1 unspecified atom stereocenters. The number of nitro groups is 1. The van der Waals surface area contributed by atoms with Gasteiger partial charge in [0.2, 0.25) is 0 Å². The Kier molecular flexibility index (Phi) is 5.99. The molecule has 0 saturated carbocycles. The first-order valence-electron chi connectivity index (χ1n) is 6.54. The molecule has 2 rings (SSSR count). The number of hydrogen-bond donors (Lipinski definition) is 1. The van der Waals surface area contributed by atoms with Crippen LogP contribution in [0.4, 0.5) is 11.4 Å². The van der Waals surface area contributed by atoms with E-state index < -0.39 is 0 Å². The van der Waals surface area contributed by atoms with Crippen molar-refractivity contribution in [2.45, 2.75) is 18.9 Å². The van der Waals surface area contributed by atoms with E-state index in [9.17, 15) is 10.1 Å². The third-order valence-corrected chi connectivity index (χ3v) is 3.72. The molecule has 1 saturated heterocycles. The Bertz CT molecular complexity index is 464. The zero-order chi connectivity index (χ0) is 14.4. The molecule has 20 heavy (non-hydrogen) atoms. The molecular weight excluding hydrogens is 375 g/mol. The van der Waals surface area contributed by atoms with Crippen LogP contribution in [0.1, 0.15) is 12.8 Å². The highest BCUT2D eigenvalue weighted by molar-refractivity contribution is 14.1. The summed E-state index contributed by atoms with van der Waals surface area (Å²) in [6, 6.07) is 5.11. The van der Waals surface area contributed by atoms with Crippen molar-refractivity contribution in [3.63, 3.8) is 0 Å². The van der Waals surface area contributed by atoms with Crippen LogP contribution < -0.4 is 5.32 Å². The van der Waals surface area contributed by atoms with Crippen LogP contribution in [0.25, 0.3) is 0 Å². The number of hydrogen-bond acceptors (Lipinski definition) is 5. The maximum atomic E-state index is 11.0. The first-order valence-corrected chi connectivity index (χ1v) is 7.62. The standard InChI is InChI=1S/C13H17IN2O4/c14-10-3-4-12(13(8-10)16(17)18)15-5-7-19-9-11-2-1-6-20-11/h3-4,8,11,15H,1-2,5-7,9H2. The Morgan fingerprint density at radius 1 is 1.55 bits per heavy atom. The van der Waals surface area contributed by atoms with Crippen molar-refractivity contribution in [2.24, 2.45) is 0 Å². The maximum Gasteiger partial charge on any atom is 0.293 e. The fourth-order valence-electron chi connectivity index (χ4n) is 2.05. The number of ether oxygens (including phenoxy) is 2. The van der Waals surface area contributed by atoms with Crippen LogP contribution in [0.5, 0.6) is 0 Å². The number of nitro benzene ring substituents is 1. The number of anilines is 1. The van der Waals surface area contributed by atoms with Gasteiger partial charge in [0, 0.05) is 22.8 Å². The van der Waals surface area contributed by atoms with E-state index >= 15 is 0 Å². The minimum atomic E-state index is -0.377. The van der Waals surface area contributed by atoms with Crippen LogP contribution in [0.15, 0.2) is 18.2 Å². The lowest BCUT2D eigenvalue weighted by atomic mass is 10.2. The predicted molar refractivity (Wildman–Crippen MR) is 84.1 cm³/mol. The van der Waals surface area contributed by atoms with Crippen molar-refractivity contribution in [3.05, 3.63) is 31.9 Å². The molecule has 1 fully saturated rings. The second-order valence-electron chi connectivity index (χ2n) is 4.56. The average Bonchev–Trinajstić information content (AvgIpc) is 2.92. The van der Waals surface area contributed by atoms with Crippen LogP contribution in [-0.4, -0.2) is 37.4 Å². The van der Waals surface area contributed by atoms with Crippen LogP contribution >= 0.6 is 22.6 Å². The van der Waals surface area contributed by atoms with Crippen molar-refractivity contribution in [3.8, 4) is 0 Å². The molecule has 0 aromatic heterocycles. The highest BCUT2D eigenvalue weighted by Gasteiger charge is 2.16. The largest absolute Gasteiger partial charge is 0.377 e. The third-order valence-electron chi connectivity index (χ3n) is 3.05. The summed E-state index contributed by atoms with van der Waals surface area (Å²) >= 11 is 2.06. The molecule has 6 nitrogen and oxygen atoms in total. The first kappa shape index (κ1) is 15.5. The van der Waals surface area contributed by atoms with Gasteiger partial charge in [0.25, 0.3) is 5.69 Å². The van der Waals surface area contributed by atoms with Gasteiger partial charge in [-0.2, -0.15) is 0 Å². The highest BCUT2D eigenvalue weighted by atomic mass is 127. The summed E-state index contributed by atoms with van der Waals surface area (Å²) in [5, 5.41) is 14.0. The first-order chi connectivity index (χ1) is 9.66. The van der Waals surface area contributed by atoms with Gasteiger partial charge in [-0.3, -0.25) is 10.1 Å². The summed E-state index contributed by atoms with van der Waals surface area (Å²) in [4.78, 5) is 10.6. The smallest absolute Gasteiger partial charge is 0.293 e. The lowest BCUT2D eigenvalue weighted by Crippen LogP contribution is -2.18. The third kappa shape index (κ3) is 4.57. The van der Waals surface area contributed by atoms with Crippen molar-refractivity contribution in [2.75, 3.05) is 31.7 Å². The SMILES string of the molecule is O=[N+]([O-])c1cc(I)ccc1NCCOCC1CCCO1. The second kappa shape index (κ2) is 7.75. The zero-order valence-electron chi connectivity index (χ0n) is 11.0. The minimum absolute atomic E-state index is 0.0935. The number of benzene rings is 1. The van der Waals surface area contributed by atoms with Gasteiger partial charge in [0.1, 0.15) is 5.69 Å². The summed E-state index contributed by atoms with van der Waals surface area (Å²) in [5.41, 5.74) is 0.618. The monoisotopic (exact) mass is 392 g/mol. The van der Waals surface area contributed by atoms with E-state index in [0.717, 1.165) is 23.0 Å². The molecule has 7 heteroatoms. The lowest BCUT2D eigenvalue weighted by molar-refractivity contribution is -0.384. The van der Waals surface area contributed by atoms with Gasteiger partial charge in [-0.05, 0) is 47.6 Å². The molecule has 1 aliphatic rings. The molecule has 1 atom stereocenters. The summed E-state index contributed by atoms with van der Waals surface area (Å²) in [6.07, 6.45) is 2.36. The van der Waals surface area contributed by atoms with Crippen molar-refractivity contribution < 1.29 is 14.4 Å². The fourth-order valence-corrected chi connectivity index (χ4v) is 2.53. The van der Waals surface area contributed by atoms with Crippen molar-refractivity contribution >= 4 is 34.0 Å². The lowest BCUT2D eigenvalue weighted by Gasteiger charge is -2.11. The number of halogens is 1. The summed E-state index contributed by atoms with van der Waals surface area (Å²) in [5.74, 6) is 0. The van der Waals surface area contributed by atoms with Crippen LogP contribution in [0.2, 0.25) is 0 Å². The van der Waals surface area contributed by atoms with Crippen LogP contribution in [0.3, 0.4) is 0 Å². The van der Waals surface area contributed by atoms with E-state index in [1.54, 1.807) is 12.1 Å².